The summed E-state index contributed by atoms with van der Waals surface area (Å²) in [5, 5.41) is 2.28. The lowest BCUT2D eigenvalue weighted by Gasteiger charge is -2.22. The topological polar surface area (TPSA) is 0 Å². The summed E-state index contributed by atoms with van der Waals surface area (Å²) in [6, 6.07) is 17.5. The summed E-state index contributed by atoms with van der Waals surface area (Å²) < 4.78 is 0. The van der Waals surface area contributed by atoms with Crippen LogP contribution in [0.1, 0.15) is 103 Å². The normalized spacial score (nSPS) is 14.3. The number of rotatable bonds is 19. The van der Waals surface area contributed by atoms with Crippen molar-refractivity contribution in [3.05, 3.63) is 193 Å². The lowest BCUT2D eigenvalue weighted by molar-refractivity contribution is 0.652. The Balaban J connectivity index is 2.51. The van der Waals surface area contributed by atoms with Gasteiger partial charge in [-0.2, -0.15) is 0 Å². The molecule has 0 spiro atoms. The van der Waals surface area contributed by atoms with E-state index in [9.17, 15) is 0 Å². The molecule has 0 aromatic heterocycles. The molecule has 0 radical (unpaired) electrons. The maximum absolute atomic E-state index is 4.41. The van der Waals surface area contributed by atoms with Crippen LogP contribution in [0.3, 0.4) is 0 Å². The third-order valence-electron chi connectivity index (χ3n) is 10.1. The summed E-state index contributed by atoms with van der Waals surface area (Å²) >= 11 is 0. The summed E-state index contributed by atoms with van der Waals surface area (Å²) in [7, 11) is 0. The molecule has 3 aromatic carbocycles. The molecule has 0 N–H and O–H groups in total. The van der Waals surface area contributed by atoms with Gasteiger partial charge in [-0.05, 0) is 117 Å². The van der Waals surface area contributed by atoms with Crippen LogP contribution in [0.2, 0.25) is 0 Å². The van der Waals surface area contributed by atoms with E-state index in [1.54, 1.807) is 0 Å². The van der Waals surface area contributed by atoms with Crippen LogP contribution in [-0.2, 0) is 0 Å². The van der Waals surface area contributed by atoms with Gasteiger partial charge in [-0.3, -0.25) is 0 Å². The second-order valence-electron chi connectivity index (χ2n) is 13.8. The van der Waals surface area contributed by atoms with Crippen molar-refractivity contribution in [2.45, 2.75) is 80.6 Å². The molecule has 0 amide bonds. The first-order chi connectivity index (χ1) is 27.3. The van der Waals surface area contributed by atoms with E-state index < -0.39 is 0 Å². The molecule has 0 heterocycles. The molecular formula is C56H64. The van der Waals surface area contributed by atoms with E-state index in [2.05, 4.69) is 189 Å². The minimum absolute atomic E-state index is 0.0107. The molecule has 0 saturated heterocycles. The first-order valence-corrected chi connectivity index (χ1v) is 20.5. The molecule has 2 unspecified atom stereocenters. The molecule has 0 saturated carbocycles. The molecule has 2 atom stereocenters. The van der Waals surface area contributed by atoms with Gasteiger partial charge in [0.25, 0.3) is 0 Å². The molecule has 0 heteroatoms. The predicted octanol–water partition coefficient (Wildman–Crippen LogP) is 16.7. The van der Waals surface area contributed by atoms with Crippen LogP contribution in [0, 0.1) is 23.7 Å². The Morgan fingerprint density at radius 2 is 1.48 bits per heavy atom. The lowest BCUT2D eigenvalue weighted by Crippen LogP contribution is -2.02. The second-order valence-corrected chi connectivity index (χ2v) is 13.8. The lowest BCUT2D eigenvalue weighted by atomic mass is 9.81. The van der Waals surface area contributed by atoms with Crippen molar-refractivity contribution in [2.24, 2.45) is 11.8 Å². The smallest absolute Gasteiger partial charge is 0.0632 e. The van der Waals surface area contributed by atoms with Crippen LogP contribution in [-0.4, -0.2) is 0 Å². The van der Waals surface area contributed by atoms with Gasteiger partial charge < -0.3 is 0 Å². The Bertz CT molecular complexity index is 2150. The van der Waals surface area contributed by atoms with Gasteiger partial charge in [-0.25, -0.2) is 0 Å². The third-order valence-corrected chi connectivity index (χ3v) is 10.1. The van der Waals surface area contributed by atoms with Gasteiger partial charge in [-0.1, -0.05) is 207 Å². The molecule has 0 nitrogen and oxygen atoms in total. The maximum Gasteiger partial charge on any atom is 0.0632 e. The van der Waals surface area contributed by atoms with Crippen LogP contribution in [0.15, 0.2) is 171 Å². The zero-order valence-electron chi connectivity index (χ0n) is 35.3. The zero-order valence-corrected chi connectivity index (χ0v) is 35.3. The number of hydrogen-bond acceptors (Lipinski definition) is 0. The minimum Gasteiger partial charge on any atom is -0.103 e. The van der Waals surface area contributed by atoms with Crippen LogP contribution in [0.4, 0.5) is 0 Å². The van der Waals surface area contributed by atoms with Crippen molar-refractivity contribution < 1.29 is 0 Å². The number of benzene rings is 3. The summed E-state index contributed by atoms with van der Waals surface area (Å²) in [6.45, 7) is 32.4. The van der Waals surface area contributed by atoms with Gasteiger partial charge in [0.15, 0.2) is 0 Å². The first-order valence-electron chi connectivity index (χ1n) is 20.5. The van der Waals surface area contributed by atoms with Crippen LogP contribution >= 0.6 is 0 Å². The Labute approximate surface area is 340 Å². The molecule has 0 fully saturated rings. The molecule has 3 aromatic rings. The molecule has 288 valence electrons. The van der Waals surface area contributed by atoms with Crippen molar-refractivity contribution in [1.29, 1.82) is 0 Å². The van der Waals surface area contributed by atoms with Crippen LogP contribution in [0.25, 0.3) is 45.2 Å². The zero-order chi connectivity index (χ0) is 40.9. The highest BCUT2D eigenvalue weighted by atomic mass is 14.2. The Morgan fingerprint density at radius 1 is 0.768 bits per heavy atom. The van der Waals surface area contributed by atoms with Gasteiger partial charge in [-0.15, -0.1) is 5.92 Å². The Morgan fingerprint density at radius 3 is 2.05 bits per heavy atom. The maximum atomic E-state index is 4.41. The summed E-state index contributed by atoms with van der Waals surface area (Å²) in [5.41, 5.74) is 12.6. The van der Waals surface area contributed by atoms with Gasteiger partial charge in [0.2, 0.25) is 0 Å². The SMILES string of the molecule is C=C/C=C(CCC)/C(=C/C=C(\C=C)c1c(C=C)c(C=C)c(C(/C=C\C(=C/CC)C(C#CCC)/C=C\C=C/C)=C/C)c2ccc(-c3ccccc3)cc12)C(C)CC. The highest BCUT2D eigenvalue weighted by Gasteiger charge is 2.21. The number of fused-ring (bicyclic) bond motifs is 1. The van der Waals surface area contributed by atoms with E-state index in [1.165, 1.54) is 22.3 Å². The highest BCUT2D eigenvalue weighted by molar-refractivity contribution is 6.10. The minimum atomic E-state index is -0.0107. The molecular weight excluding hydrogens is 673 g/mol. The average Bonchev–Trinajstić information content (AvgIpc) is 3.23. The predicted molar refractivity (Wildman–Crippen MR) is 255 cm³/mol. The van der Waals surface area contributed by atoms with E-state index in [-0.39, 0.29) is 5.92 Å². The van der Waals surface area contributed by atoms with Gasteiger partial charge in [0.1, 0.15) is 0 Å². The van der Waals surface area contributed by atoms with Crippen molar-refractivity contribution in [3.63, 3.8) is 0 Å². The number of hydrogen-bond donors (Lipinski definition) is 0. The summed E-state index contributed by atoms with van der Waals surface area (Å²) in [6.07, 6.45) is 36.8. The Hall–Kier alpha value is -5.64. The average molecular weight is 737 g/mol. The summed E-state index contributed by atoms with van der Waals surface area (Å²) in [4.78, 5) is 0. The van der Waals surface area contributed by atoms with Crippen LogP contribution in [0.5, 0.6) is 0 Å². The molecule has 56 heavy (non-hydrogen) atoms. The molecule has 0 aliphatic carbocycles. The van der Waals surface area contributed by atoms with Gasteiger partial charge in [0, 0.05) is 6.42 Å². The van der Waals surface area contributed by atoms with E-state index in [0.717, 1.165) is 81.8 Å². The standard InChI is InChI=1S/C56H64/c1-12-22-25-32-46(31-23-13-2)45(28-14-3)36-35-43(18-7)55-50(20-9)51(21-10)56(54-41-49(38-40-53(54)55)47-33-26-24-27-34-47)44(19-8)37-39-52(42(11)17-6)48(29-15-4)30-16-5/h12,15,18-22,24-29,32-42,46H,4,8-10,13-14,16-17,30H2,1-3,5-7,11H3/b22-12-,32-25-,36-35-,43-18+,44-37+,45-28+,48-29+,52-39+. The summed E-state index contributed by atoms with van der Waals surface area (Å²) in [5.74, 6) is 7.21. The largest absolute Gasteiger partial charge is 0.103 e. The molecule has 3 rings (SSSR count). The fraction of sp³-hybridized carbons (Fsp3) is 0.250. The first kappa shape index (κ1) is 44.8. The van der Waals surface area contributed by atoms with Gasteiger partial charge >= 0.3 is 0 Å². The Kier molecular flexibility index (Phi) is 19.2. The van der Waals surface area contributed by atoms with Crippen molar-refractivity contribution >= 4 is 34.1 Å². The van der Waals surface area contributed by atoms with E-state index in [1.807, 2.05) is 37.3 Å². The van der Waals surface area contributed by atoms with E-state index in [4.69, 9.17) is 0 Å². The van der Waals surface area contributed by atoms with Gasteiger partial charge in [0.05, 0.1) is 5.92 Å². The highest BCUT2D eigenvalue weighted by Crippen LogP contribution is 2.42. The molecule has 0 bridgehead atoms. The molecule has 0 aliphatic heterocycles. The van der Waals surface area contributed by atoms with Crippen molar-refractivity contribution in [2.75, 3.05) is 0 Å². The second kappa shape index (κ2) is 24.0. The fourth-order valence-corrected chi connectivity index (χ4v) is 7.15. The van der Waals surface area contributed by atoms with Crippen molar-refractivity contribution in [3.8, 4) is 23.0 Å². The fourth-order valence-electron chi connectivity index (χ4n) is 7.15. The number of allylic oxidation sites excluding steroid dienone is 18. The van der Waals surface area contributed by atoms with E-state index >= 15 is 0 Å². The molecule has 0 aliphatic rings. The van der Waals surface area contributed by atoms with Crippen molar-refractivity contribution in [1.82, 2.24) is 0 Å². The third kappa shape index (κ3) is 11.4. The van der Waals surface area contributed by atoms with E-state index in [0.29, 0.717) is 5.92 Å². The van der Waals surface area contributed by atoms with Crippen LogP contribution < -0.4 is 0 Å². The monoisotopic (exact) mass is 737 g/mol. The quantitative estimate of drug-likeness (QED) is 0.0849.